The topological polar surface area (TPSA) is 51.2 Å². The Bertz CT molecular complexity index is 938. The molecule has 0 bridgehead atoms. The van der Waals surface area contributed by atoms with Crippen molar-refractivity contribution in [3.63, 3.8) is 0 Å². The lowest BCUT2D eigenvalue weighted by atomic mass is 10.1. The van der Waals surface area contributed by atoms with Crippen molar-refractivity contribution in [2.24, 2.45) is 0 Å². The van der Waals surface area contributed by atoms with Crippen molar-refractivity contribution in [2.45, 2.75) is 13.8 Å². The van der Waals surface area contributed by atoms with E-state index in [1.54, 1.807) is 12.1 Å². The van der Waals surface area contributed by atoms with Crippen molar-refractivity contribution >= 4 is 39.8 Å². The minimum Gasteiger partial charge on any atom is -0.465 e. The van der Waals surface area contributed by atoms with Crippen LogP contribution in [0.3, 0.4) is 0 Å². The molecule has 0 aliphatic heterocycles. The first-order chi connectivity index (χ1) is 11.5. The highest BCUT2D eigenvalue weighted by Crippen LogP contribution is 2.30. The van der Waals surface area contributed by atoms with Crippen molar-refractivity contribution in [3.8, 4) is 0 Å². The van der Waals surface area contributed by atoms with E-state index in [1.807, 2.05) is 44.2 Å². The zero-order valence-electron chi connectivity index (χ0n) is 13.7. The van der Waals surface area contributed by atoms with Crippen LogP contribution in [0.1, 0.15) is 21.6 Å². The van der Waals surface area contributed by atoms with Crippen LogP contribution in [-0.2, 0) is 4.74 Å². The van der Waals surface area contributed by atoms with E-state index in [1.165, 1.54) is 7.11 Å². The fourth-order valence-corrected chi connectivity index (χ4v) is 2.85. The molecule has 4 nitrogen and oxygen atoms in total. The van der Waals surface area contributed by atoms with Crippen LogP contribution in [0.25, 0.3) is 10.9 Å². The Balaban J connectivity index is 2.12. The maximum absolute atomic E-state index is 11.8. The van der Waals surface area contributed by atoms with Crippen LogP contribution in [0.5, 0.6) is 0 Å². The SMILES string of the molecule is COC(=O)c1ccc2nc(C)cc(Nc3ccc(Cl)cc3C)c2c1. The fraction of sp³-hybridized carbons (Fsp3) is 0.158. The molecule has 122 valence electrons. The Morgan fingerprint density at radius 2 is 1.88 bits per heavy atom. The highest BCUT2D eigenvalue weighted by molar-refractivity contribution is 6.30. The first kappa shape index (κ1) is 16.3. The molecule has 1 aromatic heterocycles. The first-order valence-corrected chi connectivity index (χ1v) is 7.88. The molecule has 0 amide bonds. The maximum atomic E-state index is 11.8. The van der Waals surface area contributed by atoms with E-state index >= 15 is 0 Å². The Morgan fingerprint density at radius 3 is 2.58 bits per heavy atom. The van der Waals surface area contributed by atoms with Gasteiger partial charge >= 0.3 is 5.97 Å². The molecule has 3 rings (SSSR count). The average Bonchev–Trinajstić information content (AvgIpc) is 2.56. The molecule has 1 heterocycles. The molecule has 0 atom stereocenters. The van der Waals surface area contributed by atoms with Gasteiger partial charge in [-0.25, -0.2) is 4.79 Å². The van der Waals surface area contributed by atoms with Gasteiger partial charge in [-0.1, -0.05) is 11.6 Å². The van der Waals surface area contributed by atoms with Crippen LogP contribution in [0.2, 0.25) is 5.02 Å². The quantitative estimate of drug-likeness (QED) is 0.679. The number of esters is 1. The number of rotatable bonds is 3. The van der Waals surface area contributed by atoms with Gasteiger partial charge in [0.15, 0.2) is 0 Å². The van der Waals surface area contributed by atoms with Gasteiger partial charge in [0, 0.05) is 27.5 Å². The lowest BCUT2D eigenvalue weighted by molar-refractivity contribution is 0.0601. The summed E-state index contributed by atoms with van der Waals surface area (Å²) in [4.78, 5) is 16.3. The average molecular weight is 341 g/mol. The second-order valence-corrected chi connectivity index (χ2v) is 6.06. The van der Waals surface area contributed by atoms with Crippen molar-refractivity contribution < 1.29 is 9.53 Å². The monoisotopic (exact) mass is 340 g/mol. The third-order valence-electron chi connectivity index (χ3n) is 3.82. The van der Waals surface area contributed by atoms with Crippen molar-refractivity contribution in [2.75, 3.05) is 12.4 Å². The van der Waals surface area contributed by atoms with Crippen LogP contribution in [-0.4, -0.2) is 18.1 Å². The summed E-state index contributed by atoms with van der Waals surface area (Å²) >= 11 is 6.02. The molecule has 0 spiro atoms. The number of aromatic nitrogens is 1. The summed E-state index contributed by atoms with van der Waals surface area (Å²) in [5, 5.41) is 4.97. The predicted molar refractivity (Wildman–Crippen MR) is 97.3 cm³/mol. The molecule has 2 aromatic carbocycles. The predicted octanol–water partition coefficient (Wildman–Crippen LogP) is 5.04. The maximum Gasteiger partial charge on any atom is 0.337 e. The summed E-state index contributed by atoms with van der Waals surface area (Å²) in [7, 11) is 1.37. The third-order valence-corrected chi connectivity index (χ3v) is 4.05. The number of carbonyl (C=O) groups excluding carboxylic acids is 1. The fourth-order valence-electron chi connectivity index (χ4n) is 2.62. The molecule has 0 aliphatic carbocycles. The normalized spacial score (nSPS) is 10.7. The molecule has 0 unspecified atom stereocenters. The highest BCUT2D eigenvalue weighted by Gasteiger charge is 2.11. The van der Waals surface area contributed by atoms with E-state index in [-0.39, 0.29) is 5.97 Å². The number of nitrogens with one attached hydrogen (secondary N) is 1. The van der Waals surface area contributed by atoms with Gasteiger partial charge < -0.3 is 10.1 Å². The molecule has 24 heavy (non-hydrogen) atoms. The molecule has 0 fully saturated rings. The van der Waals surface area contributed by atoms with Crippen molar-refractivity contribution in [3.05, 3.63) is 64.3 Å². The number of hydrogen-bond acceptors (Lipinski definition) is 4. The van der Waals surface area contributed by atoms with Gasteiger partial charge in [-0.2, -0.15) is 0 Å². The van der Waals surface area contributed by atoms with Gasteiger partial charge in [0.1, 0.15) is 0 Å². The summed E-state index contributed by atoms with van der Waals surface area (Å²) in [6.07, 6.45) is 0. The van der Waals surface area contributed by atoms with Crippen LogP contribution < -0.4 is 5.32 Å². The number of nitrogens with zero attached hydrogens (tertiary/aromatic N) is 1. The number of halogens is 1. The van der Waals surface area contributed by atoms with Crippen LogP contribution in [0.4, 0.5) is 11.4 Å². The van der Waals surface area contributed by atoms with Gasteiger partial charge in [0.2, 0.25) is 0 Å². The van der Waals surface area contributed by atoms with Gasteiger partial charge in [-0.05, 0) is 61.9 Å². The van der Waals surface area contributed by atoms with E-state index in [0.717, 1.165) is 33.5 Å². The lowest BCUT2D eigenvalue weighted by Crippen LogP contribution is -2.02. The number of methoxy groups -OCH3 is 1. The van der Waals surface area contributed by atoms with Crippen molar-refractivity contribution in [1.82, 2.24) is 4.98 Å². The van der Waals surface area contributed by atoms with Gasteiger partial charge in [-0.3, -0.25) is 4.98 Å². The molecule has 5 heteroatoms. The van der Waals surface area contributed by atoms with E-state index in [0.29, 0.717) is 10.6 Å². The molecule has 3 aromatic rings. The zero-order chi connectivity index (χ0) is 17.3. The summed E-state index contributed by atoms with van der Waals surface area (Å²) in [5.74, 6) is -0.369. The van der Waals surface area contributed by atoms with Crippen LogP contribution >= 0.6 is 11.6 Å². The number of anilines is 2. The molecule has 1 N–H and O–H groups in total. The standard InChI is InChI=1S/C19H17ClN2O2/c1-11-8-14(20)5-7-16(11)22-18-9-12(2)21-17-6-4-13(10-15(17)18)19(23)24-3/h4-10H,1-3H3,(H,21,22). The molecule has 0 saturated heterocycles. The van der Waals surface area contributed by atoms with Crippen LogP contribution in [0, 0.1) is 13.8 Å². The van der Waals surface area contributed by atoms with Gasteiger partial charge in [-0.15, -0.1) is 0 Å². The minimum absolute atomic E-state index is 0.369. The number of carbonyl (C=O) groups is 1. The summed E-state index contributed by atoms with van der Waals surface area (Å²) in [6.45, 7) is 3.93. The van der Waals surface area contributed by atoms with Crippen LogP contribution in [0.15, 0.2) is 42.5 Å². The Labute approximate surface area is 145 Å². The summed E-state index contributed by atoms with van der Waals surface area (Å²) < 4.78 is 4.80. The minimum atomic E-state index is -0.369. The number of pyridine rings is 1. The van der Waals surface area contributed by atoms with E-state index in [4.69, 9.17) is 16.3 Å². The Morgan fingerprint density at radius 1 is 1.08 bits per heavy atom. The Kier molecular flexibility index (Phi) is 4.40. The van der Waals surface area contributed by atoms with E-state index in [9.17, 15) is 4.79 Å². The second kappa shape index (κ2) is 6.49. The number of aryl methyl sites for hydroxylation is 2. The second-order valence-electron chi connectivity index (χ2n) is 5.62. The first-order valence-electron chi connectivity index (χ1n) is 7.51. The highest BCUT2D eigenvalue weighted by atomic mass is 35.5. The zero-order valence-corrected chi connectivity index (χ0v) is 14.4. The lowest BCUT2D eigenvalue weighted by Gasteiger charge is -2.14. The summed E-state index contributed by atoms with van der Waals surface area (Å²) in [5.41, 5.74) is 5.07. The third kappa shape index (κ3) is 3.19. The van der Waals surface area contributed by atoms with Gasteiger partial charge in [0.05, 0.1) is 18.2 Å². The Hall–Kier alpha value is -2.59. The number of fused-ring (bicyclic) bond motifs is 1. The molecule has 0 radical (unpaired) electrons. The van der Waals surface area contributed by atoms with Crippen molar-refractivity contribution in [1.29, 1.82) is 0 Å². The molecular weight excluding hydrogens is 324 g/mol. The summed E-state index contributed by atoms with van der Waals surface area (Å²) in [6, 6.07) is 13.0. The largest absolute Gasteiger partial charge is 0.465 e. The number of hydrogen-bond donors (Lipinski definition) is 1. The molecule has 0 saturated carbocycles. The number of benzene rings is 2. The number of ether oxygens (including phenoxy) is 1. The molecular formula is C19H17ClN2O2. The van der Waals surface area contributed by atoms with E-state index < -0.39 is 0 Å². The van der Waals surface area contributed by atoms with E-state index in [2.05, 4.69) is 10.3 Å². The molecule has 0 aliphatic rings. The smallest absolute Gasteiger partial charge is 0.337 e. The van der Waals surface area contributed by atoms with Gasteiger partial charge in [0.25, 0.3) is 0 Å².